The Labute approximate surface area is 75.6 Å². The summed E-state index contributed by atoms with van der Waals surface area (Å²) >= 11 is 0. The normalized spacial score (nSPS) is 45.6. The lowest BCUT2D eigenvalue weighted by molar-refractivity contribution is -0.214. The first kappa shape index (κ1) is 10.4. The zero-order chi connectivity index (χ0) is 10.0. The molecule has 1 saturated heterocycles. The lowest BCUT2D eigenvalue weighted by Crippen LogP contribution is -2.58. The molecule has 0 saturated carbocycles. The molecular formula is C8H12O5. The van der Waals surface area contributed by atoms with Crippen LogP contribution in [0, 0.1) is 12.3 Å². The van der Waals surface area contributed by atoms with Gasteiger partial charge in [0.05, 0.1) is 6.61 Å². The van der Waals surface area contributed by atoms with Crippen molar-refractivity contribution in [1.29, 1.82) is 0 Å². The Morgan fingerprint density at radius 1 is 1.15 bits per heavy atom. The standard InChI is InChI=1S/C8H12O5/c1-2-4-6(10)8(12)7(11)5(3-9)13-4/h1,4-12H,3H2/t4?,5-,6?,7-,8?/m1/s1. The van der Waals surface area contributed by atoms with Crippen molar-refractivity contribution in [3.05, 3.63) is 0 Å². The van der Waals surface area contributed by atoms with Gasteiger partial charge in [0.1, 0.15) is 30.5 Å². The highest BCUT2D eigenvalue weighted by Crippen LogP contribution is 2.20. The fourth-order valence-electron chi connectivity index (χ4n) is 1.24. The first-order chi connectivity index (χ1) is 6.11. The molecule has 1 aliphatic heterocycles. The molecule has 5 nitrogen and oxygen atoms in total. The summed E-state index contributed by atoms with van der Waals surface area (Å²) in [4.78, 5) is 0. The quantitative estimate of drug-likeness (QED) is 0.340. The van der Waals surface area contributed by atoms with Crippen molar-refractivity contribution in [2.75, 3.05) is 6.61 Å². The van der Waals surface area contributed by atoms with E-state index in [4.69, 9.17) is 16.3 Å². The van der Waals surface area contributed by atoms with Crippen molar-refractivity contribution in [3.8, 4) is 12.3 Å². The zero-order valence-electron chi connectivity index (χ0n) is 6.87. The first-order valence-corrected chi connectivity index (χ1v) is 3.88. The summed E-state index contributed by atoms with van der Waals surface area (Å²) in [6, 6.07) is 0. The van der Waals surface area contributed by atoms with Crippen molar-refractivity contribution in [1.82, 2.24) is 0 Å². The van der Waals surface area contributed by atoms with Crippen molar-refractivity contribution >= 4 is 0 Å². The molecule has 0 aromatic heterocycles. The Hall–Kier alpha value is -0.640. The maximum absolute atomic E-state index is 9.26. The van der Waals surface area contributed by atoms with Crippen molar-refractivity contribution in [3.63, 3.8) is 0 Å². The molecule has 1 fully saturated rings. The van der Waals surface area contributed by atoms with E-state index in [1.807, 2.05) is 0 Å². The Morgan fingerprint density at radius 3 is 2.23 bits per heavy atom. The average molecular weight is 188 g/mol. The van der Waals surface area contributed by atoms with E-state index in [9.17, 15) is 15.3 Å². The minimum atomic E-state index is -1.38. The molecule has 0 aromatic rings. The van der Waals surface area contributed by atoms with Gasteiger partial charge in [0.15, 0.2) is 0 Å². The summed E-state index contributed by atoms with van der Waals surface area (Å²) in [5.41, 5.74) is 0. The van der Waals surface area contributed by atoms with Crippen LogP contribution in [0.15, 0.2) is 0 Å². The summed E-state index contributed by atoms with van der Waals surface area (Å²) in [5, 5.41) is 36.5. The van der Waals surface area contributed by atoms with Gasteiger partial charge >= 0.3 is 0 Å². The Balaban J connectivity index is 2.73. The summed E-state index contributed by atoms with van der Waals surface area (Å²) in [5.74, 6) is 2.11. The zero-order valence-corrected chi connectivity index (χ0v) is 6.87. The fraction of sp³-hybridized carbons (Fsp3) is 0.750. The van der Waals surface area contributed by atoms with Crippen molar-refractivity contribution < 1.29 is 25.2 Å². The number of aliphatic hydroxyl groups excluding tert-OH is 4. The number of aliphatic hydroxyl groups is 4. The molecule has 5 heteroatoms. The fourth-order valence-corrected chi connectivity index (χ4v) is 1.24. The highest BCUT2D eigenvalue weighted by Gasteiger charge is 2.42. The Bertz CT molecular complexity index is 209. The smallest absolute Gasteiger partial charge is 0.146 e. The third-order valence-electron chi connectivity index (χ3n) is 2.06. The second kappa shape index (κ2) is 4.05. The summed E-state index contributed by atoms with van der Waals surface area (Å²) in [6.45, 7) is -0.455. The highest BCUT2D eigenvalue weighted by molar-refractivity contribution is 5.05. The van der Waals surface area contributed by atoms with Crippen LogP contribution in [-0.2, 0) is 4.74 Å². The third-order valence-corrected chi connectivity index (χ3v) is 2.06. The molecular weight excluding hydrogens is 176 g/mol. The van der Waals surface area contributed by atoms with E-state index >= 15 is 0 Å². The predicted octanol–water partition coefficient (Wildman–Crippen LogP) is -2.54. The molecule has 1 aliphatic rings. The van der Waals surface area contributed by atoms with Crippen LogP contribution in [0.25, 0.3) is 0 Å². The third kappa shape index (κ3) is 1.82. The van der Waals surface area contributed by atoms with Crippen molar-refractivity contribution in [2.45, 2.75) is 30.5 Å². The molecule has 4 N–H and O–H groups in total. The topological polar surface area (TPSA) is 90.2 Å². The average Bonchev–Trinajstić information content (AvgIpc) is 2.15. The Kier molecular flexibility index (Phi) is 3.25. The monoisotopic (exact) mass is 188 g/mol. The molecule has 1 rings (SSSR count). The van der Waals surface area contributed by atoms with Crippen LogP contribution < -0.4 is 0 Å². The van der Waals surface area contributed by atoms with Crippen LogP contribution in [0.1, 0.15) is 0 Å². The van der Waals surface area contributed by atoms with E-state index in [0.29, 0.717) is 0 Å². The maximum Gasteiger partial charge on any atom is 0.146 e. The molecule has 0 radical (unpaired) electrons. The molecule has 13 heavy (non-hydrogen) atoms. The van der Waals surface area contributed by atoms with Gasteiger partial charge < -0.3 is 25.2 Å². The van der Waals surface area contributed by atoms with Gasteiger partial charge in [0.2, 0.25) is 0 Å². The van der Waals surface area contributed by atoms with Gasteiger partial charge in [-0.05, 0) is 0 Å². The van der Waals surface area contributed by atoms with Crippen molar-refractivity contribution in [2.24, 2.45) is 0 Å². The number of terminal acetylenes is 1. The minimum absolute atomic E-state index is 0.455. The van der Waals surface area contributed by atoms with Gasteiger partial charge in [-0.15, -0.1) is 6.42 Å². The molecule has 0 aromatic carbocycles. The number of hydrogen-bond acceptors (Lipinski definition) is 5. The highest BCUT2D eigenvalue weighted by atomic mass is 16.5. The van der Waals surface area contributed by atoms with Crippen LogP contribution in [0.2, 0.25) is 0 Å². The van der Waals surface area contributed by atoms with Crippen LogP contribution >= 0.6 is 0 Å². The van der Waals surface area contributed by atoms with E-state index in [1.165, 1.54) is 0 Å². The van der Waals surface area contributed by atoms with Crippen LogP contribution in [0.5, 0.6) is 0 Å². The van der Waals surface area contributed by atoms with Gasteiger partial charge in [-0.3, -0.25) is 0 Å². The van der Waals surface area contributed by atoms with Gasteiger partial charge in [-0.25, -0.2) is 0 Å². The summed E-state index contributed by atoms with van der Waals surface area (Å²) in [7, 11) is 0. The van der Waals surface area contributed by atoms with E-state index < -0.39 is 37.1 Å². The lowest BCUT2D eigenvalue weighted by atomic mass is 9.96. The van der Waals surface area contributed by atoms with E-state index in [2.05, 4.69) is 5.92 Å². The molecule has 0 spiro atoms. The first-order valence-electron chi connectivity index (χ1n) is 3.88. The molecule has 0 bridgehead atoms. The van der Waals surface area contributed by atoms with E-state index in [-0.39, 0.29) is 0 Å². The largest absolute Gasteiger partial charge is 0.394 e. The second-order valence-corrected chi connectivity index (χ2v) is 2.92. The number of hydrogen-bond donors (Lipinski definition) is 4. The van der Waals surface area contributed by atoms with Crippen LogP contribution in [-0.4, -0.2) is 57.6 Å². The minimum Gasteiger partial charge on any atom is -0.394 e. The van der Waals surface area contributed by atoms with E-state index in [0.717, 1.165) is 0 Å². The molecule has 0 amide bonds. The molecule has 74 valence electrons. The van der Waals surface area contributed by atoms with E-state index in [1.54, 1.807) is 0 Å². The molecule has 0 aliphatic carbocycles. The van der Waals surface area contributed by atoms with Gasteiger partial charge in [0, 0.05) is 0 Å². The molecule has 5 atom stereocenters. The SMILES string of the molecule is C#CC1O[C@H](CO)[C@@H](O)C(O)C1O. The maximum atomic E-state index is 9.26. The molecule has 3 unspecified atom stereocenters. The molecule has 1 heterocycles. The lowest BCUT2D eigenvalue weighted by Gasteiger charge is -2.37. The predicted molar refractivity (Wildman–Crippen MR) is 42.6 cm³/mol. The van der Waals surface area contributed by atoms with Gasteiger partial charge in [0.25, 0.3) is 0 Å². The van der Waals surface area contributed by atoms with Gasteiger partial charge in [-0.2, -0.15) is 0 Å². The number of ether oxygens (including phenoxy) is 1. The summed E-state index contributed by atoms with van der Waals surface area (Å²) in [6.07, 6.45) is -0.941. The van der Waals surface area contributed by atoms with Gasteiger partial charge in [-0.1, -0.05) is 5.92 Å². The van der Waals surface area contributed by atoms with Crippen LogP contribution in [0.4, 0.5) is 0 Å². The second-order valence-electron chi connectivity index (χ2n) is 2.92. The Morgan fingerprint density at radius 2 is 1.77 bits per heavy atom. The number of rotatable bonds is 1. The summed E-state index contributed by atoms with van der Waals surface area (Å²) < 4.78 is 4.93. The van der Waals surface area contributed by atoms with Crippen LogP contribution in [0.3, 0.4) is 0 Å².